The average Bonchev–Trinajstić information content (AvgIpc) is 3.01. The van der Waals surface area contributed by atoms with E-state index in [4.69, 9.17) is 16.3 Å². The van der Waals surface area contributed by atoms with Gasteiger partial charge >= 0.3 is 0 Å². The lowest BCUT2D eigenvalue weighted by molar-refractivity contribution is -0.132. The molecule has 1 amide bonds. The van der Waals surface area contributed by atoms with Crippen LogP contribution >= 0.6 is 11.6 Å². The molecule has 0 spiro atoms. The van der Waals surface area contributed by atoms with Gasteiger partial charge in [0.25, 0.3) is 0 Å². The molecule has 1 aliphatic rings. The van der Waals surface area contributed by atoms with Gasteiger partial charge in [0, 0.05) is 25.3 Å². The largest absolute Gasteiger partial charge is 0.387 e. The summed E-state index contributed by atoms with van der Waals surface area (Å²) in [4.78, 5) is 12.6. The summed E-state index contributed by atoms with van der Waals surface area (Å²) >= 11 is 5.83. The molecule has 1 aliphatic carbocycles. The van der Waals surface area contributed by atoms with Crippen LogP contribution in [-0.4, -0.2) is 31.3 Å². The molecule has 2 N–H and O–H groups in total. The van der Waals surface area contributed by atoms with E-state index in [1.54, 1.807) is 31.4 Å². The average molecular weight is 326 g/mol. The minimum Gasteiger partial charge on any atom is -0.387 e. The third kappa shape index (κ3) is 4.22. The molecule has 22 heavy (non-hydrogen) atoms. The Kier molecular flexibility index (Phi) is 6.24. The fraction of sp³-hybridized carbons (Fsp3) is 0.588. The number of carbonyl (C=O) groups is 1. The van der Waals surface area contributed by atoms with E-state index in [-0.39, 0.29) is 17.9 Å². The summed E-state index contributed by atoms with van der Waals surface area (Å²) in [6, 6.07) is 7.02. The van der Waals surface area contributed by atoms with Gasteiger partial charge in [0.05, 0.1) is 11.5 Å². The Morgan fingerprint density at radius 1 is 1.36 bits per heavy atom. The Morgan fingerprint density at radius 2 is 2.00 bits per heavy atom. The first-order chi connectivity index (χ1) is 10.6. The van der Waals surface area contributed by atoms with Crippen LogP contribution in [0.4, 0.5) is 0 Å². The number of ether oxygens (including phenoxy) is 1. The molecule has 1 aromatic rings. The second kappa shape index (κ2) is 7.95. The van der Waals surface area contributed by atoms with Crippen molar-refractivity contribution in [3.8, 4) is 0 Å². The molecule has 4 nitrogen and oxygen atoms in total. The highest BCUT2D eigenvalue weighted by Crippen LogP contribution is 2.41. The number of halogens is 1. The first kappa shape index (κ1) is 17.3. The zero-order valence-corrected chi connectivity index (χ0v) is 13.7. The maximum Gasteiger partial charge on any atom is 0.226 e. The van der Waals surface area contributed by atoms with Crippen LogP contribution in [0.25, 0.3) is 0 Å². The van der Waals surface area contributed by atoms with Crippen molar-refractivity contribution in [2.24, 2.45) is 5.41 Å². The highest BCUT2D eigenvalue weighted by atomic mass is 35.5. The molecule has 2 rings (SSSR count). The van der Waals surface area contributed by atoms with E-state index in [1.165, 1.54) is 0 Å². The van der Waals surface area contributed by atoms with E-state index in [0.717, 1.165) is 37.7 Å². The highest BCUT2D eigenvalue weighted by molar-refractivity contribution is 6.30. The van der Waals surface area contributed by atoms with Crippen LogP contribution in [0.5, 0.6) is 0 Å². The summed E-state index contributed by atoms with van der Waals surface area (Å²) in [5.74, 6) is 0.0371. The van der Waals surface area contributed by atoms with Crippen LogP contribution < -0.4 is 5.32 Å². The van der Waals surface area contributed by atoms with Crippen molar-refractivity contribution in [1.82, 2.24) is 5.32 Å². The number of carbonyl (C=O) groups excluding carboxylic acids is 1. The summed E-state index contributed by atoms with van der Waals surface area (Å²) in [7, 11) is 1.66. The second-order valence-corrected chi connectivity index (χ2v) is 6.44. The van der Waals surface area contributed by atoms with Gasteiger partial charge in [0.15, 0.2) is 0 Å². The van der Waals surface area contributed by atoms with E-state index in [1.807, 2.05) is 0 Å². The Labute approximate surface area is 136 Å². The lowest BCUT2D eigenvalue weighted by Gasteiger charge is -2.28. The maximum absolute atomic E-state index is 12.6. The lowest BCUT2D eigenvalue weighted by Crippen LogP contribution is -2.41. The van der Waals surface area contributed by atoms with E-state index in [2.05, 4.69) is 5.32 Å². The molecule has 0 aromatic heterocycles. The Balaban J connectivity index is 1.91. The quantitative estimate of drug-likeness (QED) is 0.810. The third-order valence-electron chi connectivity index (χ3n) is 4.54. The molecular weight excluding hydrogens is 302 g/mol. The van der Waals surface area contributed by atoms with Crippen LogP contribution in [0.2, 0.25) is 5.02 Å². The Hall–Kier alpha value is -1.10. The molecule has 1 saturated carbocycles. The minimum atomic E-state index is -0.720. The number of methoxy groups -OCH3 is 1. The number of benzene rings is 1. The number of aliphatic hydroxyl groups excluding tert-OH is 1. The minimum absolute atomic E-state index is 0.0371. The molecule has 1 unspecified atom stereocenters. The Morgan fingerprint density at radius 3 is 2.59 bits per heavy atom. The molecule has 0 radical (unpaired) electrons. The highest BCUT2D eigenvalue weighted by Gasteiger charge is 2.40. The van der Waals surface area contributed by atoms with Gasteiger partial charge in [-0.25, -0.2) is 0 Å². The van der Waals surface area contributed by atoms with Crippen molar-refractivity contribution < 1.29 is 14.6 Å². The number of rotatable bonds is 7. The van der Waals surface area contributed by atoms with Crippen LogP contribution in [0.1, 0.15) is 43.8 Å². The van der Waals surface area contributed by atoms with Gasteiger partial charge in [-0.3, -0.25) is 4.79 Å². The lowest BCUT2D eigenvalue weighted by atomic mass is 9.82. The molecule has 122 valence electrons. The normalized spacial score (nSPS) is 18.1. The molecule has 0 aliphatic heterocycles. The molecule has 1 aromatic carbocycles. The standard InChI is InChI=1S/C17H24ClNO3/c1-22-11-10-17(8-2-3-9-17)16(21)19-12-15(20)13-4-6-14(18)7-5-13/h4-7,15,20H,2-3,8-12H2,1H3,(H,19,21). The van der Waals surface area contributed by atoms with Crippen LogP contribution in [0, 0.1) is 5.41 Å². The summed E-state index contributed by atoms with van der Waals surface area (Å²) in [5, 5.41) is 13.7. The van der Waals surface area contributed by atoms with Gasteiger partial charge in [0.2, 0.25) is 5.91 Å². The Bertz CT molecular complexity index is 483. The molecular formula is C17H24ClNO3. The monoisotopic (exact) mass is 325 g/mol. The van der Waals surface area contributed by atoms with Gasteiger partial charge < -0.3 is 15.2 Å². The van der Waals surface area contributed by atoms with Crippen LogP contribution in [0.15, 0.2) is 24.3 Å². The van der Waals surface area contributed by atoms with Crippen molar-refractivity contribution in [2.75, 3.05) is 20.3 Å². The van der Waals surface area contributed by atoms with Crippen LogP contribution in [-0.2, 0) is 9.53 Å². The predicted molar refractivity (Wildman–Crippen MR) is 86.8 cm³/mol. The van der Waals surface area contributed by atoms with Gasteiger partial charge in [-0.2, -0.15) is 0 Å². The fourth-order valence-corrected chi connectivity index (χ4v) is 3.25. The van der Waals surface area contributed by atoms with E-state index in [0.29, 0.717) is 11.6 Å². The molecule has 1 atom stereocenters. The van der Waals surface area contributed by atoms with Crippen molar-refractivity contribution in [3.63, 3.8) is 0 Å². The van der Waals surface area contributed by atoms with Crippen molar-refractivity contribution in [3.05, 3.63) is 34.9 Å². The van der Waals surface area contributed by atoms with E-state index >= 15 is 0 Å². The zero-order chi connectivity index (χ0) is 16.0. The SMILES string of the molecule is COCCC1(C(=O)NCC(O)c2ccc(Cl)cc2)CCCC1. The molecule has 0 heterocycles. The predicted octanol–water partition coefficient (Wildman–Crippen LogP) is 3.09. The second-order valence-electron chi connectivity index (χ2n) is 6.01. The zero-order valence-electron chi connectivity index (χ0n) is 13.0. The fourth-order valence-electron chi connectivity index (χ4n) is 3.12. The number of amides is 1. The maximum atomic E-state index is 12.6. The third-order valence-corrected chi connectivity index (χ3v) is 4.79. The van der Waals surface area contributed by atoms with Crippen molar-refractivity contribution >= 4 is 17.5 Å². The topological polar surface area (TPSA) is 58.6 Å². The van der Waals surface area contributed by atoms with Gasteiger partial charge in [-0.05, 0) is 37.0 Å². The molecule has 0 bridgehead atoms. The molecule has 0 saturated heterocycles. The van der Waals surface area contributed by atoms with Crippen LogP contribution in [0.3, 0.4) is 0 Å². The molecule has 5 heteroatoms. The van der Waals surface area contributed by atoms with Gasteiger partial charge in [-0.15, -0.1) is 0 Å². The number of nitrogens with one attached hydrogen (secondary N) is 1. The van der Waals surface area contributed by atoms with E-state index in [9.17, 15) is 9.90 Å². The van der Waals surface area contributed by atoms with Gasteiger partial charge in [-0.1, -0.05) is 36.6 Å². The number of hydrogen-bond donors (Lipinski definition) is 2. The number of aliphatic hydroxyl groups is 1. The first-order valence-electron chi connectivity index (χ1n) is 7.78. The molecule has 1 fully saturated rings. The van der Waals surface area contributed by atoms with Crippen molar-refractivity contribution in [1.29, 1.82) is 0 Å². The summed E-state index contributed by atoms with van der Waals surface area (Å²) in [5.41, 5.74) is 0.428. The summed E-state index contributed by atoms with van der Waals surface area (Å²) in [6.45, 7) is 0.808. The smallest absolute Gasteiger partial charge is 0.226 e. The summed E-state index contributed by atoms with van der Waals surface area (Å²) < 4.78 is 5.14. The van der Waals surface area contributed by atoms with Gasteiger partial charge in [0.1, 0.15) is 0 Å². The van der Waals surface area contributed by atoms with E-state index < -0.39 is 6.10 Å². The first-order valence-corrected chi connectivity index (χ1v) is 8.16. The van der Waals surface area contributed by atoms with Crippen molar-refractivity contribution in [2.45, 2.75) is 38.2 Å². The summed E-state index contributed by atoms with van der Waals surface area (Å²) in [6.07, 6.45) is 3.99. The number of hydrogen-bond acceptors (Lipinski definition) is 3.